The van der Waals surface area contributed by atoms with E-state index in [1.54, 1.807) is 0 Å². The van der Waals surface area contributed by atoms with Gasteiger partial charge in [-0.3, -0.25) is 9.69 Å². The Morgan fingerprint density at radius 2 is 1.88 bits per heavy atom. The highest BCUT2D eigenvalue weighted by Crippen LogP contribution is 2.22. The highest BCUT2D eigenvalue weighted by molar-refractivity contribution is 7.75. The van der Waals surface area contributed by atoms with Crippen molar-refractivity contribution in [1.82, 2.24) is 4.90 Å². The highest BCUT2D eigenvalue weighted by atomic mass is 32.1. The molecule has 5 N–H and O–H groups in total. The molecule has 2 atom stereocenters. The first-order chi connectivity index (χ1) is 15.9. The van der Waals surface area contributed by atoms with Gasteiger partial charge in [0.25, 0.3) is 0 Å². The van der Waals surface area contributed by atoms with Crippen LogP contribution in [0.1, 0.15) is 32.3 Å². The first kappa shape index (κ1) is 28.9. The van der Waals surface area contributed by atoms with Gasteiger partial charge >= 0.3 is 12.1 Å². The van der Waals surface area contributed by atoms with Gasteiger partial charge in [-0.25, -0.2) is 14.2 Å². The maximum absolute atomic E-state index is 13.4. The average molecular weight is 496 g/mol. The van der Waals surface area contributed by atoms with Crippen molar-refractivity contribution < 1.29 is 33.5 Å². The molecule has 1 rings (SSSR count). The Hall–Kier alpha value is -3.15. The van der Waals surface area contributed by atoms with E-state index in [-0.39, 0.29) is 23.9 Å². The number of amides is 1. The Morgan fingerprint density at radius 3 is 2.38 bits per heavy atom. The summed E-state index contributed by atoms with van der Waals surface area (Å²) in [6.45, 7) is 7.41. The number of hydrogen-bond donors (Lipinski definition) is 5. The monoisotopic (exact) mass is 495 g/mol. The number of aliphatic imine (C=N–C) groups is 1. The molecule has 0 unspecified atom stereocenters. The van der Waals surface area contributed by atoms with Gasteiger partial charge in [0.1, 0.15) is 11.6 Å². The van der Waals surface area contributed by atoms with Crippen molar-refractivity contribution in [2.75, 3.05) is 7.05 Å². The lowest BCUT2D eigenvalue weighted by Crippen LogP contribution is -2.25. The summed E-state index contributed by atoms with van der Waals surface area (Å²) < 4.78 is 17.8. The molecule has 11 heteroatoms. The summed E-state index contributed by atoms with van der Waals surface area (Å²) in [5.74, 6) is -1.86. The summed E-state index contributed by atoms with van der Waals surface area (Å²) in [5.41, 5.74) is 7.81. The van der Waals surface area contributed by atoms with E-state index in [2.05, 4.69) is 28.7 Å². The van der Waals surface area contributed by atoms with Crippen molar-refractivity contribution in [3.05, 3.63) is 65.8 Å². The van der Waals surface area contributed by atoms with Gasteiger partial charge in [0.2, 0.25) is 0 Å². The van der Waals surface area contributed by atoms with Gasteiger partial charge in [0, 0.05) is 37.6 Å². The van der Waals surface area contributed by atoms with Crippen LogP contribution in [0.25, 0.3) is 5.70 Å². The van der Waals surface area contributed by atoms with Gasteiger partial charge in [0.05, 0.1) is 24.3 Å². The van der Waals surface area contributed by atoms with Crippen LogP contribution in [0.2, 0.25) is 0 Å². The number of aliphatic carboxylic acids is 1. The number of halogens is 1. The lowest BCUT2D eigenvalue weighted by molar-refractivity contribution is -0.139. The molecule has 0 saturated heterocycles. The van der Waals surface area contributed by atoms with Gasteiger partial charge < -0.3 is 25.2 Å². The van der Waals surface area contributed by atoms with Crippen LogP contribution in [0.4, 0.5) is 9.18 Å². The first-order valence-corrected chi connectivity index (χ1v) is 10.6. The predicted octanol–water partition coefficient (Wildman–Crippen LogP) is 3.12. The summed E-state index contributed by atoms with van der Waals surface area (Å²) in [5, 5.41) is 28.8. The molecular weight excluding hydrogens is 465 g/mol. The second-order valence-corrected chi connectivity index (χ2v) is 7.91. The van der Waals surface area contributed by atoms with E-state index in [0.29, 0.717) is 16.8 Å². The Balaban J connectivity index is 3.50. The van der Waals surface area contributed by atoms with Crippen molar-refractivity contribution in [3.63, 3.8) is 0 Å². The number of nitrogens with zero attached hydrogens (tertiary/aromatic N) is 2. The third-order valence-corrected chi connectivity index (χ3v) is 4.82. The largest absolute Gasteiger partial charge is 0.481 e. The number of carboxylic acid groups (broad SMARTS) is 1. The van der Waals surface area contributed by atoms with Crippen LogP contribution < -0.4 is 5.73 Å². The molecule has 1 amide bonds. The zero-order chi connectivity index (χ0) is 26.0. The first-order valence-electron chi connectivity index (χ1n) is 10.3. The summed E-state index contributed by atoms with van der Waals surface area (Å²) in [6, 6.07) is 5.43. The maximum Gasteiger partial charge on any atom is 0.427 e. The lowest BCUT2D eigenvalue weighted by atomic mass is 9.94. The Morgan fingerprint density at radius 1 is 1.29 bits per heavy atom. The quantitative estimate of drug-likeness (QED) is 0.137. The zero-order valence-corrected chi connectivity index (χ0v) is 20.1. The highest BCUT2D eigenvalue weighted by Gasteiger charge is 2.19. The number of carbonyl (C=O) groups excluding carboxylic acids is 1. The summed E-state index contributed by atoms with van der Waals surface area (Å²) in [7, 11) is 1.39. The molecule has 186 valence electrons. The van der Waals surface area contributed by atoms with Crippen LogP contribution in [0.15, 0.2) is 59.4 Å². The normalized spacial score (nSPS) is 14.5. The van der Waals surface area contributed by atoms with Crippen LogP contribution in [0.3, 0.4) is 0 Å². The molecule has 0 aromatic heterocycles. The predicted molar refractivity (Wildman–Crippen MR) is 130 cm³/mol. The molecule has 0 spiro atoms. The van der Waals surface area contributed by atoms with Crippen molar-refractivity contribution in [1.29, 1.82) is 0 Å². The minimum absolute atomic E-state index is 0.0259. The lowest BCUT2D eigenvalue weighted by Gasteiger charge is -2.19. The van der Waals surface area contributed by atoms with Crippen molar-refractivity contribution in [3.8, 4) is 0 Å². The molecule has 9 nitrogen and oxygen atoms in total. The minimum atomic E-state index is -1.25. The number of aliphatic hydroxyl groups excluding tert-OH is 2. The van der Waals surface area contributed by atoms with Gasteiger partial charge in [-0.15, -0.1) is 0 Å². The Labute approximate surface area is 203 Å². The molecule has 0 saturated carbocycles. The van der Waals surface area contributed by atoms with Gasteiger partial charge in [-0.05, 0) is 35.7 Å². The molecule has 0 aliphatic carbocycles. The smallest absolute Gasteiger partial charge is 0.427 e. The van der Waals surface area contributed by atoms with Crippen LogP contribution in [-0.2, 0) is 8.98 Å². The molecule has 0 radical (unpaired) electrons. The number of rotatable bonds is 11. The minimum Gasteiger partial charge on any atom is -0.481 e. The number of hydrogen-bond acceptors (Lipinski definition) is 8. The third-order valence-electron chi connectivity index (χ3n) is 4.67. The summed E-state index contributed by atoms with van der Waals surface area (Å²) >= 11 is 3.48. The van der Waals surface area contributed by atoms with Gasteiger partial charge in [0.15, 0.2) is 0 Å². The molecule has 1 aromatic rings. The molecular formula is C23H30FN3O6S. The Kier molecular flexibility index (Phi) is 11.5. The van der Waals surface area contributed by atoms with E-state index in [9.17, 15) is 24.2 Å². The van der Waals surface area contributed by atoms with Crippen LogP contribution in [0, 0.1) is 11.7 Å². The molecule has 0 fully saturated rings. The third kappa shape index (κ3) is 9.00. The van der Waals surface area contributed by atoms with E-state index >= 15 is 0 Å². The average Bonchev–Trinajstić information content (AvgIpc) is 2.76. The molecule has 1 aromatic carbocycles. The van der Waals surface area contributed by atoms with E-state index in [1.807, 2.05) is 13.8 Å². The van der Waals surface area contributed by atoms with E-state index in [1.165, 1.54) is 43.5 Å². The van der Waals surface area contributed by atoms with Crippen LogP contribution in [0.5, 0.6) is 0 Å². The number of carbonyl (C=O) groups is 2. The summed E-state index contributed by atoms with van der Waals surface area (Å²) in [4.78, 5) is 28.0. The number of thiol groups is 1. The van der Waals surface area contributed by atoms with Gasteiger partial charge in [-0.1, -0.05) is 32.6 Å². The fourth-order valence-corrected chi connectivity index (χ4v) is 2.95. The van der Waals surface area contributed by atoms with Crippen LogP contribution >= 0.6 is 12.9 Å². The fourth-order valence-electron chi connectivity index (χ4n) is 2.83. The Bertz CT molecular complexity index is 975. The van der Waals surface area contributed by atoms with Crippen molar-refractivity contribution in [2.45, 2.75) is 38.9 Å². The number of benzene rings is 1. The molecule has 0 aliphatic rings. The molecule has 0 heterocycles. The number of nitrogens with two attached hydrogens (primary N) is 1. The van der Waals surface area contributed by atoms with E-state index < -0.39 is 36.5 Å². The second kappa shape index (κ2) is 13.5. The van der Waals surface area contributed by atoms with E-state index in [4.69, 9.17) is 10.8 Å². The molecule has 34 heavy (non-hydrogen) atoms. The number of allylic oxidation sites excluding steroid dienone is 2. The summed E-state index contributed by atoms with van der Waals surface area (Å²) in [6.07, 6.45) is -1.18. The maximum atomic E-state index is 13.4. The zero-order valence-electron chi connectivity index (χ0n) is 19.2. The van der Waals surface area contributed by atoms with Crippen molar-refractivity contribution >= 4 is 36.4 Å². The SMILES string of the molecule is C=C(N=C(C(/C=C/[C@@H](O)C[C@@H](O)CC(=O)O)=C(\N)c1ccc(F)cc1)C(C)C)N(C)C(=O)OS. The number of carboxylic acids is 1. The standard InChI is InChI=1S/C23H30FN3O6S/c1-13(2)22(26-14(3)27(4)23(32)33-34)19(21(25)15-5-7-16(24)8-6-15)10-9-17(28)11-18(29)12-20(30)31/h5-10,13,17-18,28-29,34H,3,11-12,25H2,1-2,4H3,(H,30,31)/b10-9+,21-19-,26-22?/t17-,18-/m1/s1. The fraction of sp³-hybridized carbons (Fsp3) is 0.348. The van der Waals surface area contributed by atoms with Crippen molar-refractivity contribution in [2.24, 2.45) is 16.6 Å². The topological polar surface area (TPSA) is 146 Å². The second-order valence-electron chi connectivity index (χ2n) is 7.73. The molecule has 0 aliphatic heterocycles. The van der Waals surface area contributed by atoms with Gasteiger partial charge in [-0.2, -0.15) is 0 Å². The number of aliphatic hydroxyl groups is 2. The van der Waals surface area contributed by atoms with E-state index in [0.717, 1.165) is 4.90 Å². The molecule has 0 bridgehead atoms. The van der Waals surface area contributed by atoms with Crippen LogP contribution in [-0.4, -0.2) is 57.2 Å².